The molecule has 3 heterocycles. The van der Waals surface area contributed by atoms with E-state index in [0.29, 0.717) is 11.4 Å². The molecule has 0 saturated carbocycles. The number of benzene rings is 2. The second kappa shape index (κ2) is 8.93. The molecule has 0 amide bonds. The normalized spacial score (nSPS) is 19.0. The molecule has 2 aliphatic heterocycles. The van der Waals surface area contributed by atoms with Crippen LogP contribution in [0.2, 0.25) is 0 Å². The number of hydrogen-bond acceptors (Lipinski definition) is 5. The van der Waals surface area contributed by atoms with Gasteiger partial charge < -0.3 is 19.0 Å². The van der Waals surface area contributed by atoms with Crippen LogP contribution in [0.4, 0.5) is 8.78 Å². The zero-order chi connectivity index (χ0) is 23.8. The molecule has 1 unspecified atom stereocenters. The highest BCUT2D eigenvalue weighted by molar-refractivity contribution is 6.03. The smallest absolute Gasteiger partial charge is 0.172 e. The quantitative estimate of drug-likeness (QED) is 0.523. The van der Waals surface area contributed by atoms with Crippen LogP contribution in [0.5, 0.6) is 5.75 Å². The van der Waals surface area contributed by atoms with Crippen LogP contribution in [-0.4, -0.2) is 40.5 Å². The average Bonchev–Trinajstić information content (AvgIpc) is 3.28. The minimum atomic E-state index is -0.549. The molecular formula is C26H26F2N4O2. The van der Waals surface area contributed by atoms with Crippen molar-refractivity contribution in [3.8, 4) is 11.4 Å². The molecule has 2 aromatic carbocycles. The summed E-state index contributed by atoms with van der Waals surface area (Å²) in [6.45, 7) is 4.36. The van der Waals surface area contributed by atoms with Crippen LogP contribution in [0.25, 0.3) is 11.8 Å². The summed E-state index contributed by atoms with van der Waals surface area (Å²) in [7, 11) is 1.64. The van der Waals surface area contributed by atoms with E-state index in [1.165, 1.54) is 19.1 Å². The van der Waals surface area contributed by atoms with Gasteiger partial charge in [-0.05, 0) is 73.7 Å². The monoisotopic (exact) mass is 464 g/mol. The van der Waals surface area contributed by atoms with Gasteiger partial charge in [-0.2, -0.15) is 0 Å². The lowest BCUT2D eigenvalue weighted by atomic mass is 9.95. The molecule has 1 atom stereocenters. The SMILES string of the molecule is COc1cc(/C=C2\CCCN3C2=NOCC3c2cc(F)c(C)c(F)c2)ccc1-n1cnc(C)c1. The number of oxime groups is 1. The van der Waals surface area contributed by atoms with E-state index < -0.39 is 11.6 Å². The molecule has 1 aromatic heterocycles. The lowest BCUT2D eigenvalue weighted by molar-refractivity contribution is 0.0572. The third kappa shape index (κ3) is 4.04. The van der Waals surface area contributed by atoms with Gasteiger partial charge >= 0.3 is 0 Å². The van der Waals surface area contributed by atoms with Crippen molar-refractivity contribution in [2.75, 3.05) is 20.3 Å². The molecule has 6 nitrogen and oxygen atoms in total. The third-order valence-electron chi connectivity index (χ3n) is 6.39. The molecule has 1 fully saturated rings. The fraction of sp³-hybridized carbons (Fsp3) is 0.308. The first-order chi connectivity index (χ1) is 16.4. The van der Waals surface area contributed by atoms with Crippen molar-refractivity contribution >= 4 is 11.9 Å². The zero-order valence-corrected chi connectivity index (χ0v) is 19.4. The lowest BCUT2D eigenvalue weighted by Gasteiger charge is -2.40. The highest BCUT2D eigenvalue weighted by Gasteiger charge is 2.33. The minimum absolute atomic E-state index is 0.0249. The van der Waals surface area contributed by atoms with Crippen molar-refractivity contribution < 1.29 is 18.4 Å². The van der Waals surface area contributed by atoms with E-state index in [9.17, 15) is 8.78 Å². The third-order valence-corrected chi connectivity index (χ3v) is 6.39. The van der Waals surface area contributed by atoms with Crippen LogP contribution in [0.15, 0.2) is 53.6 Å². The summed E-state index contributed by atoms with van der Waals surface area (Å²) in [5.74, 6) is 0.334. The van der Waals surface area contributed by atoms with Crippen LogP contribution in [0, 0.1) is 25.5 Å². The molecule has 1 saturated heterocycles. The predicted molar refractivity (Wildman–Crippen MR) is 126 cm³/mol. The molecule has 5 rings (SSSR count). The minimum Gasteiger partial charge on any atom is -0.495 e. The first-order valence-electron chi connectivity index (χ1n) is 11.3. The van der Waals surface area contributed by atoms with Gasteiger partial charge in [-0.1, -0.05) is 11.2 Å². The second-order valence-electron chi connectivity index (χ2n) is 8.66. The maximum Gasteiger partial charge on any atom is 0.172 e. The van der Waals surface area contributed by atoms with E-state index in [-0.39, 0.29) is 18.2 Å². The number of amidine groups is 1. The summed E-state index contributed by atoms with van der Waals surface area (Å²) in [5, 5.41) is 4.32. The topological polar surface area (TPSA) is 51.9 Å². The first kappa shape index (κ1) is 22.1. The van der Waals surface area contributed by atoms with Gasteiger partial charge in [-0.15, -0.1) is 0 Å². The zero-order valence-electron chi connectivity index (χ0n) is 19.4. The number of aromatic nitrogens is 2. The maximum atomic E-state index is 14.3. The van der Waals surface area contributed by atoms with Crippen molar-refractivity contribution in [3.05, 3.63) is 82.4 Å². The Hall–Kier alpha value is -3.68. The van der Waals surface area contributed by atoms with Gasteiger partial charge in [0, 0.05) is 18.3 Å². The molecule has 34 heavy (non-hydrogen) atoms. The highest BCUT2D eigenvalue weighted by atomic mass is 19.1. The second-order valence-corrected chi connectivity index (χ2v) is 8.66. The molecule has 2 aliphatic rings. The van der Waals surface area contributed by atoms with E-state index >= 15 is 0 Å². The number of imidazole rings is 1. The van der Waals surface area contributed by atoms with Crippen molar-refractivity contribution in [2.45, 2.75) is 32.7 Å². The number of nitrogens with zero attached hydrogens (tertiary/aromatic N) is 4. The number of fused-ring (bicyclic) bond motifs is 1. The van der Waals surface area contributed by atoms with Gasteiger partial charge in [-0.25, -0.2) is 13.8 Å². The lowest BCUT2D eigenvalue weighted by Crippen LogP contribution is -2.44. The van der Waals surface area contributed by atoms with Gasteiger partial charge in [0.15, 0.2) is 5.84 Å². The Labute approximate surface area is 197 Å². The van der Waals surface area contributed by atoms with E-state index in [2.05, 4.69) is 21.1 Å². The number of methoxy groups -OCH3 is 1. The van der Waals surface area contributed by atoms with Gasteiger partial charge in [0.05, 0.1) is 30.9 Å². The van der Waals surface area contributed by atoms with Crippen LogP contribution in [0.1, 0.15) is 41.3 Å². The summed E-state index contributed by atoms with van der Waals surface area (Å²) in [4.78, 5) is 11.9. The molecule has 0 bridgehead atoms. The van der Waals surface area contributed by atoms with Gasteiger partial charge in [0.2, 0.25) is 0 Å². The summed E-state index contributed by atoms with van der Waals surface area (Å²) >= 11 is 0. The molecule has 0 radical (unpaired) electrons. The number of aryl methyl sites for hydroxylation is 1. The van der Waals surface area contributed by atoms with Crippen LogP contribution >= 0.6 is 0 Å². The van der Waals surface area contributed by atoms with Crippen molar-refractivity contribution in [1.29, 1.82) is 0 Å². The largest absolute Gasteiger partial charge is 0.495 e. The molecule has 3 aromatic rings. The molecule has 0 N–H and O–H groups in total. The molecule has 0 spiro atoms. The molecule has 176 valence electrons. The number of rotatable bonds is 4. The number of hydrogen-bond donors (Lipinski definition) is 0. The van der Waals surface area contributed by atoms with Crippen LogP contribution < -0.4 is 4.74 Å². The molecular weight excluding hydrogens is 438 g/mol. The van der Waals surface area contributed by atoms with Crippen LogP contribution in [-0.2, 0) is 4.84 Å². The number of piperidine rings is 1. The summed E-state index contributed by atoms with van der Waals surface area (Å²) in [6.07, 6.45) is 7.50. The van der Waals surface area contributed by atoms with Crippen molar-refractivity contribution in [3.63, 3.8) is 0 Å². The Morgan fingerprint density at radius 1 is 1.15 bits per heavy atom. The molecule has 8 heteroatoms. The predicted octanol–water partition coefficient (Wildman–Crippen LogP) is 5.34. The summed E-state index contributed by atoms with van der Waals surface area (Å²) in [5.41, 5.74) is 4.38. The number of halogens is 2. The van der Waals surface area contributed by atoms with Crippen molar-refractivity contribution in [1.82, 2.24) is 14.5 Å². The van der Waals surface area contributed by atoms with E-state index in [1.54, 1.807) is 13.4 Å². The van der Waals surface area contributed by atoms with E-state index in [1.807, 2.05) is 35.9 Å². The summed E-state index contributed by atoms with van der Waals surface area (Å²) in [6, 6.07) is 8.48. The maximum absolute atomic E-state index is 14.3. The summed E-state index contributed by atoms with van der Waals surface area (Å²) < 4.78 is 36.1. The fourth-order valence-electron chi connectivity index (χ4n) is 4.54. The molecule has 0 aliphatic carbocycles. The van der Waals surface area contributed by atoms with Gasteiger partial charge in [0.25, 0.3) is 0 Å². The Morgan fingerprint density at radius 2 is 1.94 bits per heavy atom. The van der Waals surface area contributed by atoms with Crippen LogP contribution in [0.3, 0.4) is 0 Å². The Kier molecular flexibility index (Phi) is 5.81. The highest BCUT2D eigenvalue weighted by Crippen LogP contribution is 2.34. The van der Waals surface area contributed by atoms with Gasteiger partial charge in [0.1, 0.15) is 24.0 Å². The van der Waals surface area contributed by atoms with Crippen molar-refractivity contribution in [2.24, 2.45) is 5.16 Å². The Bertz CT molecular complexity index is 1270. The van der Waals surface area contributed by atoms with E-state index in [0.717, 1.165) is 47.7 Å². The van der Waals surface area contributed by atoms with E-state index in [4.69, 9.17) is 9.57 Å². The average molecular weight is 465 g/mol. The fourth-order valence-corrected chi connectivity index (χ4v) is 4.54. The number of ether oxygens (including phenoxy) is 1. The standard InChI is InChI=1S/C26H26F2N4O2/c1-16-13-31(15-29-16)23-7-6-18(10-25(23)33-3)9-19-5-4-8-32-24(14-34-30-26(19)32)20-11-21(27)17(2)22(28)12-20/h6-7,9-13,15,24H,4-5,8,14H2,1-3H3/b19-9+. The Morgan fingerprint density at radius 3 is 2.65 bits per heavy atom. The Balaban J connectivity index is 1.46. The van der Waals surface area contributed by atoms with Gasteiger partial charge in [-0.3, -0.25) is 0 Å². The first-order valence-corrected chi connectivity index (χ1v) is 11.3.